The zero-order chi connectivity index (χ0) is 21.2. The fourth-order valence-electron chi connectivity index (χ4n) is 2.96. The Morgan fingerprint density at radius 1 is 0.900 bits per heavy atom. The maximum Gasteiger partial charge on any atom is 0.317 e. The topological polar surface area (TPSA) is 67.8 Å². The lowest BCUT2D eigenvalue weighted by molar-refractivity contribution is -0.135. The van der Waals surface area contributed by atoms with Gasteiger partial charge in [-0.1, -0.05) is 41.9 Å². The van der Waals surface area contributed by atoms with Gasteiger partial charge < -0.3 is 19.9 Å². The molecule has 6 heteroatoms. The third-order valence-corrected chi connectivity index (χ3v) is 4.67. The minimum Gasteiger partial charge on any atom is -0.486 e. The smallest absolute Gasteiger partial charge is 0.317 e. The molecule has 0 saturated carbocycles. The molecule has 2 N–H and O–H groups in total. The first-order valence-electron chi connectivity index (χ1n) is 9.78. The van der Waals surface area contributed by atoms with E-state index in [1.54, 1.807) is 12.1 Å². The van der Waals surface area contributed by atoms with Crippen molar-refractivity contribution in [2.75, 3.05) is 13.1 Å². The molecule has 0 bridgehead atoms. The van der Waals surface area contributed by atoms with E-state index in [1.807, 2.05) is 66.7 Å². The van der Waals surface area contributed by atoms with Gasteiger partial charge in [-0.05, 0) is 73.5 Å². The zero-order valence-corrected chi connectivity index (χ0v) is 17.2. The maximum atomic E-state index is 10.6. The number of carboxylic acids is 1. The van der Waals surface area contributed by atoms with Crippen LogP contribution in [0.25, 0.3) is 0 Å². The third-order valence-electron chi connectivity index (χ3n) is 4.42. The van der Waals surface area contributed by atoms with Gasteiger partial charge in [-0.2, -0.15) is 0 Å². The second-order valence-electron chi connectivity index (χ2n) is 6.76. The number of carboxylic acid groups (broad SMARTS) is 1. The molecule has 3 aromatic carbocycles. The molecule has 0 amide bonds. The van der Waals surface area contributed by atoms with Crippen LogP contribution in [0.4, 0.5) is 0 Å². The van der Waals surface area contributed by atoms with Crippen LogP contribution in [-0.4, -0.2) is 24.2 Å². The standard InChI is InChI=1S/C24H24ClNO4/c25-19-8-10-20(11-9-19)29-21-12-14-22(15-13-21)30-23(18-5-2-1-3-6-18)7-4-16-26-17-24(27)28/h1-3,5-6,8-15,23,26H,4,7,16-17H2,(H,27,28). The predicted octanol–water partition coefficient (Wildman–Crippen LogP) is 5.71. The fraction of sp³-hybridized carbons (Fsp3) is 0.208. The van der Waals surface area contributed by atoms with Gasteiger partial charge in [0.2, 0.25) is 0 Å². The summed E-state index contributed by atoms with van der Waals surface area (Å²) in [5, 5.41) is 12.3. The summed E-state index contributed by atoms with van der Waals surface area (Å²) < 4.78 is 12.1. The van der Waals surface area contributed by atoms with Crippen LogP contribution in [0.2, 0.25) is 5.02 Å². The molecule has 0 aliphatic heterocycles. The Morgan fingerprint density at radius 3 is 2.13 bits per heavy atom. The Balaban J connectivity index is 1.60. The highest BCUT2D eigenvalue weighted by atomic mass is 35.5. The molecule has 3 aromatic rings. The van der Waals surface area contributed by atoms with Crippen LogP contribution < -0.4 is 14.8 Å². The largest absolute Gasteiger partial charge is 0.486 e. The van der Waals surface area contributed by atoms with E-state index in [-0.39, 0.29) is 12.6 Å². The van der Waals surface area contributed by atoms with Gasteiger partial charge in [-0.25, -0.2) is 0 Å². The quantitative estimate of drug-likeness (QED) is 0.385. The number of benzene rings is 3. The molecule has 0 radical (unpaired) electrons. The van der Waals surface area contributed by atoms with Crippen molar-refractivity contribution in [3.8, 4) is 17.2 Å². The number of aliphatic carboxylic acids is 1. The molecule has 30 heavy (non-hydrogen) atoms. The Bertz CT molecular complexity index is 914. The summed E-state index contributed by atoms with van der Waals surface area (Å²) in [5.41, 5.74) is 1.08. The normalized spacial score (nSPS) is 11.6. The first-order valence-corrected chi connectivity index (χ1v) is 10.2. The molecule has 3 rings (SSSR count). The molecule has 0 saturated heterocycles. The number of hydrogen-bond donors (Lipinski definition) is 2. The van der Waals surface area contributed by atoms with E-state index >= 15 is 0 Å². The van der Waals surface area contributed by atoms with Crippen molar-refractivity contribution >= 4 is 17.6 Å². The average Bonchev–Trinajstić information content (AvgIpc) is 2.76. The van der Waals surface area contributed by atoms with Crippen LogP contribution in [0.1, 0.15) is 24.5 Å². The summed E-state index contributed by atoms with van der Waals surface area (Å²) in [5.74, 6) is 1.31. The Hall–Kier alpha value is -3.02. The highest BCUT2D eigenvalue weighted by Gasteiger charge is 2.13. The second kappa shape index (κ2) is 11.2. The molecule has 0 fully saturated rings. The summed E-state index contributed by atoms with van der Waals surface area (Å²) in [6, 6.07) is 24.7. The number of rotatable bonds is 11. The van der Waals surface area contributed by atoms with Crippen molar-refractivity contribution in [1.29, 1.82) is 0 Å². The van der Waals surface area contributed by atoms with Crippen molar-refractivity contribution in [2.24, 2.45) is 0 Å². The van der Waals surface area contributed by atoms with Crippen molar-refractivity contribution in [3.05, 3.63) is 89.4 Å². The molecule has 1 atom stereocenters. The van der Waals surface area contributed by atoms with Crippen molar-refractivity contribution in [3.63, 3.8) is 0 Å². The average molecular weight is 426 g/mol. The molecule has 0 spiro atoms. The van der Waals surface area contributed by atoms with Gasteiger partial charge in [0.1, 0.15) is 23.4 Å². The fourth-order valence-corrected chi connectivity index (χ4v) is 3.08. The van der Waals surface area contributed by atoms with Crippen LogP contribution in [0.3, 0.4) is 0 Å². The summed E-state index contributed by atoms with van der Waals surface area (Å²) in [6.45, 7) is 0.582. The summed E-state index contributed by atoms with van der Waals surface area (Å²) in [7, 11) is 0. The molecular formula is C24H24ClNO4. The van der Waals surface area contributed by atoms with Gasteiger partial charge in [0.25, 0.3) is 0 Å². The lowest BCUT2D eigenvalue weighted by Gasteiger charge is -2.20. The summed E-state index contributed by atoms with van der Waals surface area (Å²) in [4.78, 5) is 10.6. The first-order chi connectivity index (χ1) is 14.6. The van der Waals surface area contributed by atoms with Gasteiger partial charge in [-0.3, -0.25) is 4.79 Å². The van der Waals surface area contributed by atoms with Crippen LogP contribution in [-0.2, 0) is 4.79 Å². The Morgan fingerprint density at radius 2 is 1.50 bits per heavy atom. The number of nitrogens with one attached hydrogen (secondary N) is 1. The Kier molecular flexibility index (Phi) is 8.12. The SMILES string of the molecule is O=C(O)CNCCCC(Oc1ccc(Oc2ccc(Cl)cc2)cc1)c1ccccc1. The highest BCUT2D eigenvalue weighted by molar-refractivity contribution is 6.30. The molecule has 0 aromatic heterocycles. The monoisotopic (exact) mass is 425 g/mol. The number of ether oxygens (including phenoxy) is 2. The van der Waals surface area contributed by atoms with Gasteiger partial charge >= 0.3 is 5.97 Å². The van der Waals surface area contributed by atoms with E-state index in [1.165, 1.54) is 0 Å². The summed E-state index contributed by atoms with van der Waals surface area (Å²) >= 11 is 5.90. The first kappa shape index (κ1) is 21.7. The molecule has 5 nitrogen and oxygen atoms in total. The van der Waals surface area contributed by atoms with Gasteiger partial charge in [-0.15, -0.1) is 0 Å². The van der Waals surface area contributed by atoms with Crippen molar-refractivity contribution in [2.45, 2.75) is 18.9 Å². The van der Waals surface area contributed by atoms with E-state index in [0.717, 1.165) is 24.2 Å². The van der Waals surface area contributed by atoms with Crippen LogP contribution in [0.15, 0.2) is 78.9 Å². The molecule has 1 unspecified atom stereocenters. The molecule has 0 heterocycles. The second-order valence-corrected chi connectivity index (χ2v) is 7.19. The summed E-state index contributed by atoms with van der Waals surface area (Å²) in [6.07, 6.45) is 1.44. The molecule has 0 aliphatic carbocycles. The minimum atomic E-state index is -0.855. The number of carbonyl (C=O) groups is 1. The molecule has 0 aliphatic rings. The van der Waals surface area contributed by atoms with E-state index in [9.17, 15) is 4.79 Å². The van der Waals surface area contributed by atoms with E-state index in [0.29, 0.717) is 23.1 Å². The van der Waals surface area contributed by atoms with Crippen LogP contribution in [0.5, 0.6) is 17.2 Å². The van der Waals surface area contributed by atoms with Gasteiger partial charge in [0.15, 0.2) is 0 Å². The van der Waals surface area contributed by atoms with Crippen LogP contribution >= 0.6 is 11.6 Å². The third kappa shape index (κ3) is 7.10. The lowest BCUT2D eigenvalue weighted by Crippen LogP contribution is -2.24. The molecule has 156 valence electrons. The molecular weight excluding hydrogens is 402 g/mol. The zero-order valence-electron chi connectivity index (χ0n) is 16.5. The van der Waals surface area contributed by atoms with E-state index in [2.05, 4.69) is 5.32 Å². The number of hydrogen-bond acceptors (Lipinski definition) is 4. The van der Waals surface area contributed by atoms with E-state index < -0.39 is 5.97 Å². The van der Waals surface area contributed by atoms with Gasteiger partial charge in [0.05, 0.1) is 6.54 Å². The maximum absolute atomic E-state index is 10.6. The number of halogens is 1. The van der Waals surface area contributed by atoms with Crippen LogP contribution in [0, 0.1) is 0 Å². The van der Waals surface area contributed by atoms with E-state index in [4.69, 9.17) is 26.2 Å². The van der Waals surface area contributed by atoms with Crippen molar-refractivity contribution < 1.29 is 19.4 Å². The predicted molar refractivity (Wildman–Crippen MR) is 118 cm³/mol. The lowest BCUT2D eigenvalue weighted by atomic mass is 10.0. The minimum absolute atomic E-state index is 0.0358. The van der Waals surface area contributed by atoms with Gasteiger partial charge in [0, 0.05) is 5.02 Å². The Labute approximate surface area is 181 Å². The highest BCUT2D eigenvalue weighted by Crippen LogP contribution is 2.29. The van der Waals surface area contributed by atoms with Crippen molar-refractivity contribution in [1.82, 2.24) is 5.32 Å².